The minimum atomic E-state index is -3.86. The van der Waals surface area contributed by atoms with Gasteiger partial charge >= 0.3 is 6.03 Å². The second kappa shape index (κ2) is 15.3. The van der Waals surface area contributed by atoms with Crippen LogP contribution in [-0.2, 0) is 34.0 Å². The number of ketones is 1. The number of hydrogen-bond acceptors (Lipinski definition) is 8. The van der Waals surface area contributed by atoms with Gasteiger partial charge in [0.1, 0.15) is 12.1 Å². The summed E-state index contributed by atoms with van der Waals surface area (Å²) in [6, 6.07) is -3.45. The molecule has 15 heteroatoms. The number of fused-ring (bicyclic) bond motifs is 1. The van der Waals surface area contributed by atoms with Gasteiger partial charge in [0, 0.05) is 19.6 Å². The molecule has 1 saturated heterocycles. The summed E-state index contributed by atoms with van der Waals surface area (Å²) in [5, 5.41) is 11.6. The van der Waals surface area contributed by atoms with Crippen LogP contribution in [0.2, 0.25) is 0 Å². The minimum Gasteiger partial charge on any atom is -0.347 e. The Labute approximate surface area is 303 Å². The van der Waals surface area contributed by atoms with E-state index in [0.29, 0.717) is 45.1 Å². The molecule has 4 N–H and O–H groups in total. The molecule has 0 aromatic carbocycles. The molecule has 5 aliphatic rings. The average molecular weight is 737 g/mol. The number of nitrogens with one attached hydrogen (secondary N) is 4. The van der Waals surface area contributed by atoms with Crippen molar-refractivity contribution in [2.75, 3.05) is 26.5 Å². The van der Waals surface area contributed by atoms with Crippen LogP contribution in [0.3, 0.4) is 0 Å². The van der Waals surface area contributed by atoms with Gasteiger partial charge in [0.25, 0.3) is 5.91 Å². The highest BCUT2D eigenvalue weighted by Crippen LogP contribution is 2.65. The van der Waals surface area contributed by atoms with Crippen LogP contribution in [0.5, 0.6) is 0 Å². The highest BCUT2D eigenvalue weighted by molar-refractivity contribution is 7.89. The maximum atomic E-state index is 14.8. The van der Waals surface area contributed by atoms with E-state index >= 15 is 0 Å². The Bertz CT molecular complexity index is 1450. The van der Waals surface area contributed by atoms with Gasteiger partial charge in [0.05, 0.1) is 24.4 Å². The number of amides is 5. The third-order valence-electron chi connectivity index (χ3n) is 12.6. The van der Waals surface area contributed by atoms with Gasteiger partial charge in [-0.05, 0) is 67.6 Å². The van der Waals surface area contributed by atoms with Crippen molar-refractivity contribution in [3.8, 4) is 0 Å². The van der Waals surface area contributed by atoms with Crippen molar-refractivity contribution in [3.63, 3.8) is 0 Å². The van der Waals surface area contributed by atoms with Gasteiger partial charge in [-0.1, -0.05) is 77.1 Å². The van der Waals surface area contributed by atoms with Gasteiger partial charge in [-0.3, -0.25) is 24.0 Å². The standard InChI is InChI=1S/C36H60N6O8S/c1-7-14-25(28(43)31(45)37-23-15-16-23)38-30(44)27-26-24(34(26,2)3)21-42(27)32(46)29(35(4)17-10-8-11-18-35)39-33(47)40-36(19-12-9-13-20-36)22-51(48,49)41(5)50-6/h23-27,29H,7-22H2,1-6H3,(H,37,45)(H,38,44)(H2,39,40,47)/t24-,25-,26-,27-,29+/m0/s1. The number of carbonyl (C=O) groups is 5. The molecule has 14 nitrogen and oxygen atoms in total. The molecule has 4 saturated carbocycles. The van der Waals surface area contributed by atoms with E-state index in [9.17, 15) is 32.4 Å². The van der Waals surface area contributed by atoms with Crippen LogP contribution >= 0.6 is 0 Å². The van der Waals surface area contributed by atoms with Crippen LogP contribution < -0.4 is 21.3 Å². The van der Waals surface area contributed by atoms with Crippen LogP contribution in [0.4, 0.5) is 4.79 Å². The first-order valence-corrected chi connectivity index (χ1v) is 20.6. The first-order valence-electron chi connectivity index (χ1n) is 19.0. The zero-order valence-electron chi connectivity index (χ0n) is 31.3. The van der Waals surface area contributed by atoms with Crippen molar-refractivity contribution in [3.05, 3.63) is 0 Å². The van der Waals surface area contributed by atoms with Crippen LogP contribution in [0.25, 0.3) is 0 Å². The smallest absolute Gasteiger partial charge is 0.315 e. The summed E-state index contributed by atoms with van der Waals surface area (Å²) in [4.78, 5) is 75.5. The van der Waals surface area contributed by atoms with Gasteiger partial charge < -0.3 is 26.2 Å². The predicted molar refractivity (Wildman–Crippen MR) is 190 cm³/mol. The molecule has 51 heavy (non-hydrogen) atoms. The van der Waals surface area contributed by atoms with Crippen molar-refractivity contribution >= 4 is 39.6 Å². The molecular formula is C36H60N6O8S. The molecule has 0 aromatic heterocycles. The van der Waals surface area contributed by atoms with Crippen molar-refractivity contribution in [1.82, 2.24) is 30.6 Å². The molecule has 0 bridgehead atoms. The molecule has 0 radical (unpaired) electrons. The second-order valence-electron chi connectivity index (χ2n) is 16.8. The summed E-state index contributed by atoms with van der Waals surface area (Å²) in [7, 11) is -1.27. The summed E-state index contributed by atoms with van der Waals surface area (Å²) in [6.45, 7) is 8.38. The van der Waals surface area contributed by atoms with E-state index in [2.05, 4.69) is 35.1 Å². The van der Waals surface area contributed by atoms with E-state index in [0.717, 1.165) is 55.8 Å². The van der Waals surface area contributed by atoms with Crippen molar-refractivity contribution in [2.45, 2.75) is 147 Å². The Hall–Kier alpha value is -2.78. The molecule has 4 aliphatic carbocycles. The van der Waals surface area contributed by atoms with E-state index in [1.807, 2.05) is 13.8 Å². The minimum absolute atomic E-state index is 0.00210. The number of carbonyl (C=O) groups excluding carboxylic acids is 5. The molecule has 288 valence electrons. The number of likely N-dealkylation sites (tertiary alicyclic amines) is 1. The normalized spacial score (nSPS) is 27.4. The third-order valence-corrected chi connectivity index (χ3v) is 14.5. The van der Waals surface area contributed by atoms with E-state index < -0.39 is 62.7 Å². The lowest BCUT2D eigenvalue weighted by molar-refractivity contribution is -0.146. The maximum absolute atomic E-state index is 14.8. The van der Waals surface area contributed by atoms with Gasteiger partial charge in [0.15, 0.2) is 0 Å². The number of hydrogen-bond donors (Lipinski definition) is 4. The largest absolute Gasteiger partial charge is 0.347 e. The fraction of sp³-hybridized carbons (Fsp3) is 0.861. The fourth-order valence-electron chi connectivity index (χ4n) is 9.11. The lowest BCUT2D eigenvalue weighted by Crippen LogP contribution is -2.65. The quantitative estimate of drug-likeness (QED) is 0.146. The monoisotopic (exact) mass is 736 g/mol. The molecular weight excluding hydrogens is 676 g/mol. The molecule has 5 rings (SSSR count). The Kier molecular flexibility index (Phi) is 11.8. The van der Waals surface area contributed by atoms with Crippen LogP contribution in [0.1, 0.15) is 118 Å². The number of sulfonamides is 1. The summed E-state index contributed by atoms with van der Waals surface area (Å²) >= 11 is 0. The highest BCUT2D eigenvalue weighted by Gasteiger charge is 2.70. The summed E-state index contributed by atoms with van der Waals surface area (Å²) in [6.07, 6.45) is 10.1. The van der Waals surface area contributed by atoms with Gasteiger partial charge in [-0.25, -0.2) is 13.2 Å². The fourth-order valence-corrected chi connectivity index (χ4v) is 10.6. The lowest BCUT2D eigenvalue weighted by Gasteiger charge is -2.44. The number of urea groups is 1. The first kappa shape index (κ1) is 39.4. The van der Waals surface area contributed by atoms with Crippen molar-refractivity contribution in [2.24, 2.45) is 22.7 Å². The van der Waals surface area contributed by atoms with Crippen molar-refractivity contribution in [1.29, 1.82) is 0 Å². The molecule has 0 spiro atoms. The third kappa shape index (κ3) is 8.56. The number of nitrogens with zero attached hydrogens (tertiary/aromatic N) is 2. The Morgan fingerprint density at radius 3 is 2.10 bits per heavy atom. The first-order chi connectivity index (χ1) is 24.0. The predicted octanol–water partition coefficient (Wildman–Crippen LogP) is 2.77. The highest BCUT2D eigenvalue weighted by atomic mass is 32.2. The zero-order chi connectivity index (χ0) is 37.4. The summed E-state index contributed by atoms with van der Waals surface area (Å²) < 4.78 is 27.1. The van der Waals surface area contributed by atoms with Crippen LogP contribution in [-0.4, -0.2) is 103 Å². The van der Waals surface area contributed by atoms with E-state index in [1.54, 1.807) is 4.90 Å². The van der Waals surface area contributed by atoms with Crippen molar-refractivity contribution < 1.29 is 37.2 Å². The maximum Gasteiger partial charge on any atom is 0.315 e. The number of hydroxylamine groups is 1. The summed E-state index contributed by atoms with van der Waals surface area (Å²) in [5.74, 6) is -2.60. The molecule has 5 amide bonds. The van der Waals surface area contributed by atoms with E-state index in [-0.39, 0.29) is 35.0 Å². The van der Waals surface area contributed by atoms with E-state index in [4.69, 9.17) is 4.84 Å². The molecule has 5 fully saturated rings. The molecule has 0 unspecified atom stereocenters. The number of rotatable bonds is 15. The number of Topliss-reactive ketones (excluding diaryl/α,β-unsaturated/α-hetero) is 1. The molecule has 0 aromatic rings. The summed E-state index contributed by atoms with van der Waals surface area (Å²) in [5.41, 5.74) is -1.83. The van der Waals surface area contributed by atoms with E-state index in [1.165, 1.54) is 14.2 Å². The Morgan fingerprint density at radius 2 is 1.53 bits per heavy atom. The van der Waals surface area contributed by atoms with Gasteiger partial charge in [-0.15, -0.1) is 0 Å². The SMILES string of the molecule is CCC[C@H](NC(=O)[C@@H]1[C@@H]2[C@H](CN1C(=O)[C@@H](NC(=O)NC1(CS(=O)(=O)N(C)OC)CCCCC1)C1(C)CCCCC1)C2(C)C)C(=O)C(=O)NC1CC1. The number of piperidine rings is 1. The second-order valence-corrected chi connectivity index (χ2v) is 18.8. The topological polar surface area (TPSA) is 183 Å². The molecule has 1 heterocycles. The van der Waals surface area contributed by atoms with Crippen LogP contribution in [0.15, 0.2) is 0 Å². The van der Waals surface area contributed by atoms with Gasteiger partial charge in [0.2, 0.25) is 27.6 Å². The van der Waals surface area contributed by atoms with Crippen LogP contribution in [0, 0.1) is 22.7 Å². The lowest BCUT2D eigenvalue weighted by atomic mass is 9.70. The molecule has 5 atom stereocenters. The Morgan fingerprint density at radius 1 is 0.922 bits per heavy atom. The van der Waals surface area contributed by atoms with Gasteiger partial charge in [-0.2, -0.15) is 0 Å². The zero-order valence-corrected chi connectivity index (χ0v) is 32.2. The Balaban J connectivity index is 1.38. The molecule has 1 aliphatic heterocycles. The average Bonchev–Trinajstić information content (AvgIpc) is 3.93.